The third kappa shape index (κ3) is 2.14. The minimum atomic E-state index is -1.25. The molecule has 0 aromatic carbocycles. The van der Waals surface area contributed by atoms with E-state index in [1.54, 1.807) is 6.92 Å². The zero-order valence-corrected chi connectivity index (χ0v) is 5.79. The minimum absolute atomic E-state index is 0.262. The quantitative estimate of drug-likeness (QED) is 0.491. The third-order valence-corrected chi connectivity index (χ3v) is 1.35. The molecule has 0 aromatic heterocycles. The van der Waals surface area contributed by atoms with Crippen molar-refractivity contribution in [3.8, 4) is 0 Å². The van der Waals surface area contributed by atoms with Crippen molar-refractivity contribution in [2.75, 3.05) is 6.61 Å². The number of nitrogens with one attached hydrogen (secondary N) is 1. The molecule has 0 saturated heterocycles. The molecule has 0 radical (unpaired) electrons. The monoisotopic (exact) mass is 145 g/mol. The van der Waals surface area contributed by atoms with Crippen LogP contribution < -0.4 is 0 Å². The normalized spacial score (nSPS) is 12.6. The lowest BCUT2D eigenvalue weighted by Gasteiger charge is -2.07. The van der Waals surface area contributed by atoms with Gasteiger partial charge in [-0.1, -0.05) is 6.92 Å². The van der Waals surface area contributed by atoms with Crippen LogP contribution in [0.5, 0.6) is 0 Å². The van der Waals surface area contributed by atoms with E-state index in [0.717, 1.165) is 0 Å². The molecule has 3 N–H and O–H groups in total. The van der Waals surface area contributed by atoms with Crippen LogP contribution in [0.1, 0.15) is 13.3 Å². The van der Waals surface area contributed by atoms with E-state index in [9.17, 15) is 4.79 Å². The summed E-state index contributed by atoms with van der Waals surface area (Å²) < 4.78 is 0. The predicted octanol–water partition coefficient (Wildman–Crippen LogP) is 0.109. The predicted molar refractivity (Wildman–Crippen MR) is 36.2 cm³/mol. The van der Waals surface area contributed by atoms with Gasteiger partial charge in [-0.05, 0) is 6.42 Å². The van der Waals surface area contributed by atoms with Crippen molar-refractivity contribution >= 4 is 11.7 Å². The average molecular weight is 145 g/mol. The lowest BCUT2D eigenvalue weighted by molar-refractivity contribution is -0.129. The molecule has 0 aliphatic rings. The van der Waals surface area contributed by atoms with Crippen molar-refractivity contribution in [2.24, 2.45) is 5.92 Å². The van der Waals surface area contributed by atoms with Crippen molar-refractivity contribution in [1.82, 2.24) is 0 Å². The van der Waals surface area contributed by atoms with E-state index in [1.807, 2.05) is 0 Å². The molecule has 0 bridgehead atoms. The molecule has 0 amide bonds. The summed E-state index contributed by atoms with van der Waals surface area (Å²) in [5, 5.41) is 23.8. The van der Waals surface area contributed by atoms with E-state index >= 15 is 0 Å². The van der Waals surface area contributed by atoms with Gasteiger partial charge in [-0.25, -0.2) is 4.79 Å². The fraction of sp³-hybridized carbons (Fsp3) is 0.667. The number of carboxylic acids is 1. The number of aliphatic carboxylic acids is 1. The Labute approximate surface area is 59.0 Å². The lowest BCUT2D eigenvalue weighted by atomic mass is 10.0. The summed E-state index contributed by atoms with van der Waals surface area (Å²) in [6.45, 7) is 1.47. The van der Waals surface area contributed by atoms with Crippen molar-refractivity contribution in [1.29, 1.82) is 5.41 Å². The summed E-state index contributed by atoms with van der Waals surface area (Å²) in [7, 11) is 0. The second kappa shape index (κ2) is 4.00. The fourth-order valence-corrected chi connectivity index (χ4v) is 0.599. The first kappa shape index (κ1) is 9.10. The number of rotatable bonds is 4. The van der Waals surface area contributed by atoms with Gasteiger partial charge in [0.15, 0.2) is 0 Å². The molecule has 4 nitrogen and oxygen atoms in total. The van der Waals surface area contributed by atoms with Crippen LogP contribution in [0.3, 0.4) is 0 Å². The molecule has 0 aliphatic heterocycles. The van der Waals surface area contributed by atoms with Gasteiger partial charge in [-0.15, -0.1) is 0 Å². The smallest absolute Gasteiger partial charge is 0.349 e. The molecular weight excluding hydrogens is 134 g/mol. The summed E-state index contributed by atoms with van der Waals surface area (Å²) in [4.78, 5) is 10.1. The van der Waals surface area contributed by atoms with Crippen LogP contribution in [0.4, 0.5) is 0 Å². The molecule has 0 spiro atoms. The Morgan fingerprint density at radius 3 is 2.30 bits per heavy atom. The zero-order valence-electron chi connectivity index (χ0n) is 5.79. The van der Waals surface area contributed by atoms with Gasteiger partial charge >= 0.3 is 5.97 Å². The Morgan fingerprint density at radius 1 is 1.70 bits per heavy atom. The minimum Gasteiger partial charge on any atom is -0.477 e. The molecule has 0 aromatic rings. The van der Waals surface area contributed by atoms with Gasteiger partial charge in [0.25, 0.3) is 0 Å². The van der Waals surface area contributed by atoms with Crippen molar-refractivity contribution in [3.05, 3.63) is 0 Å². The van der Waals surface area contributed by atoms with Gasteiger partial charge in [0, 0.05) is 5.92 Å². The van der Waals surface area contributed by atoms with Crippen molar-refractivity contribution in [2.45, 2.75) is 13.3 Å². The second-order valence-electron chi connectivity index (χ2n) is 2.01. The van der Waals surface area contributed by atoms with E-state index in [0.29, 0.717) is 6.42 Å². The van der Waals surface area contributed by atoms with Crippen LogP contribution in [-0.2, 0) is 4.79 Å². The van der Waals surface area contributed by atoms with Crippen LogP contribution in [-0.4, -0.2) is 28.5 Å². The van der Waals surface area contributed by atoms with Crippen molar-refractivity contribution in [3.63, 3.8) is 0 Å². The molecule has 4 heteroatoms. The molecule has 0 unspecified atom stereocenters. The van der Waals surface area contributed by atoms with Gasteiger partial charge < -0.3 is 10.2 Å². The van der Waals surface area contributed by atoms with E-state index in [1.165, 1.54) is 0 Å². The molecular formula is C6H11NO3. The van der Waals surface area contributed by atoms with E-state index < -0.39 is 17.6 Å². The van der Waals surface area contributed by atoms with Crippen LogP contribution in [0.2, 0.25) is 0 Å². The maximum Gasteiger partial charge on any atom is 0.349 e. The van der Waals surface area contributed by atoms with Crippen LogP contribution in [0.25, 0.3) is 0 Å². The molecule has 0 heterocycles. The Kier molecular flexibility index (Phi) is 3.64. The number of hydrogen-bond donors (Lipinski definition) is 3. The number of hydrogen-bond acceptors (Lipinski definition) is 3. The van der Waals surface area contributed by atoms with Gasteiger partial charge in [-0.3, -0.25) is 5.41 Å². The Hall–Kier alpha value is -0.900. The summed E-state index contributed by atoms with van der Waals surface area (Å²) in [6.07, 6.45) is 0.488. The summed E-state index contributed by atoms with van der Waals surface area (Å²) >= 11 is 0. The molecule has 0 saturated carbocycles. The highest BCUT2D eigenvalue weighted by Crippen LogP contribution is 2.02. The number of aliphatic hydroxyl groups is 1. The molecule has 0 aliphatic carbocycles. The number of aliphatic hydroxyl groups excluding tert-OH is 1. The standard InChI is InChI=1S/C6H11NO3/c1-2-4(3-8)5(7)6(9)10/h4,7-8H,2-3H2,1H3,(H,9,10)/t4-/m0/s1. The Balaban J connectivity index is 4.02. The Morgan fingerprint density at radius 2 is 2.20 bits per heavy atom. The third-order valence-electron chi connectivity index (χ3n) is 1.35. The van der Waals surface area contributed by atoms with Crippen LogP contribution in [0.15, 0.2) is 0 Å². The molecule has 0 rings (SSSR count). The number of carboxylic acid groups (broad SMARTS) is 1. The first-order valence-corrected chi connectivity index (χ1v) is 3.06. The van der Waals surface area contributed by atoms with Gasteiger partial charge in [-0.2, -0.15) is 0 Å². The summed E-state index contributed by atoms with van der Waals surface area (Å²) in [5.74, 6) is -1.77. The summed E-state index contributed by atoms with van der Waals surface area (Å²) in [6, 6.07) is 0. The first-order chi connectivity index (χ1) is 4.63. The second-order valence-corrected chi connectivity index (χ2v) is 2.01. The topological polar surface area (TPSA) is 81.4 Å². The SMILES string of the molecule is CC[C@@H](CO)C(=N)C(=O)O. The summed E-state index contributed by atoms with van der Waals surface area (Å²) in [5.41, 5.74) is -0.412. The largest absolute Gasteiger partial charge is 0.477 e. The van der Waals surface area contributed by atoms with E-state index in [-0.39, 0.29) is 6.61 Å². The highest BCUT2D eigenvalue weighted by Gasteiger charge is 2.17. The van der Waals surface area contributed by atoms with E-state index in [4.69, 9.17) is 15.6 Å². The lowest BCUT2D eigenvalue weighted by Crippen LogP contribution is -2.24. The molecule has 58 valence electrons. The van der Waals surface area contributed by atoms with Crippen molar-refractivity contribution < 1.29 is 15.0 Å². The van der Waals surface area contributed by atoms with Gasteiger partial charge in [0.2, 0.25) is 0 Å². The molecule has 1 atom stereocenters. The average Bonchev–Trinajstić information content (AvgIpc) is 1.90. The maximum absolute atomic E-state index is 10.1. The molecule has 10 heavy (non-hydrogen) atoms. The maximum atomic E-state index is 10.1. The first-order valence-electron chi connectivity index (χ1n) is 3.06. The number of carbonyl (C=O) groups is 1. The zero-order chi connectivity index (χ0) is 8.15. The van der Waals surface area contributed by atoms with Crippen LogP contribution in [0, 0.1) is 11.3 Å². The molecule has 0 fully saturated rings. The highest BCUT2D eigenvalue weighted by atomic mass is 16.4. The van der Waals surface area contributed by atoms with Crippen LogP contribution >= 0.6 is 0 Å². The van der Waals surface area contributed by atoms with Gasteiger partial charge in [0.1, 0.15) is 5.71 Å². The van der Waals surface area contributed by atoms with E-state index in [2.05, 4.69) is 0 Å². The fourth-order valence-electron chi connectivity index (χ4n) is 0.599. The van der Waals surface area contributed by atoms with Gasteiger partial charge in [0.05, 0.1) is 6.61 Å². The Bertz CT molecular complexity index is 140. The highest BCUT2D eigenvalue weighted by molar-refractivity contribution is 6.35.